The largest absolute Gasteiger partial charge is 0.481 e. The van der Waals surface area contributed by atoms with Crippen LogP contribution in [0.25, 0.3) is 0 Å². The van der Waals surface area contributed by atoms with Crippen LogP contribution in [0.3, 0.4) is 0 Å². The maximum atomic E-state index is 13.1. The Bertz CT molecular complexity index is 377. The molecule has 0 bridgehead atoms. The number of benzene rings is 1. The van der Waals surface area contributed by atoms with Crippen LogP contribution in [0.2, 0.25) is 0 Å². The number of carboxylic acid groups (broad SMARTS) is 1. The summed E-state index contributed by atoms with van der Waals surface area (Å²) in [5, 5.41) is 8.48. The van der Waals surface area contributed by atoms with Crippen LogP contribution < -0.4 is 0 Å². The number of halogens is 2. The highest BCUT2D eigenvalue weighted by atomic mass is 19.2. The van der Waals surface area contributed by atoms with Crippen molar-refractivity contribution in [3.05, 3.63) is 34.9 Å². The van der Waals surface area contributed by atoms with E-state index in [2.05, 4.69) is 0 Å². The molecule has 0 aromatic heterocycles. The van der Waals surface area contributed by atoms with Crippen molar-refractivity contribution in [1.29, 1.82) is 0 Å². The summed E-state index contributed by atoms with van der Waals surface area (Å²) in [6.45, 7) is 0.115. The van der Waals surface area contributed by atoms with E-state index in [9.17, 15) is 13.6 Å². The van der Waals surface area contributed by atoms with Gasteiger partial charge in [0.15, 0.2) is 11.6 Å². The van der Waals surface area contributed by atoms with Crippen molar-refractivity contribution in [3.8, 4) is 0 Å². The van der Waals surface area contributed by atoms with E-state index in [1.54, 1.807) is 0 Å². The summed E-state index contributed by atoms with van der Waals surface area (Å²) in [6.07, 6.45) is -0.541. The minimum atomic E-state index is -1.21. The van der Waals surface area contributed by atoms with E-state index in [4.69, 9.17) is 9.84 Å². The SMILES string of the molecule is COCc1cc(F)c(F)c(CC(=O)O)c1. The Kier molecular flexibility index (Phi) is 3.74. The first kappa shape index (κ1) is 11.6. The summed E-state index contributed by atoms with van der Waals surface area (Å²) in [6, 6.07) is 2.28. The third kappa shape index (κ3) is 2.99. The van der Waals surface area contributed by atoms with Crippen LogP contribution in [-0.4, -0.2) is 18.2 Å². The molecule has 0 fully saturated rings. The molecule has 1 aromatic carbocycles. The number of rotatable bonds is 4. The van der Waals surface area contributed by atoms with Crippen molar-refractivity contribution in [2.24, 2.45) is 0 Å². The molecule has 0 aliphatic carbocycles. The van der Waals surface area contributed by atoms with E-state index in [1.807, 2.05) is 0 Å². The molecule has 0 unspecified atom stereocenters. The summed E-state index contributed by atoms with van der Waals surface area (Å²) in [5.41, 5.74) is 0.238. The summed E-state index contributed by atoms with van der Waals surface area (Å²) < 4.78 is 30.8. The van der Waals surface area contributed by atoms with Crippen LogP contribution in [0.5, 0.6) is 0 Å². The molecule has 82 valence electrons. The highest BCUT2D eigenvalue weighted by Crippen LogP contribution is 2.16. The number of carboxylic acids is 1. The summed E-state index contributed by atoms with van der Waals surface area (Å²) in [7, 11) is 1.41. The topological polar surface area (TPSA) is 46.5 Å². The monoisotopic (exact) mass is 216 g/mol. The lowest BCUT2D eigenvalue weighted by Crippen LogP contribution is -2.05. The molecule has 0 atom stereocenters. The zero-order valence-electron chi connectivity index (χ0n) is 8.09. The van der Waals surface area contributed by atoms with Gasteiger partial charge < -0.3 is 9.84 Å². The standard InChI is InChI=1S/C10H10F2O3/c1-15-5-6-2-7(4-9(13)14)10(12)8(11)3-6/h2-3H,4-5H2,1H3,(H,13,14). The first-order valence-corrected chi connectivity index (χ1v) is 4.22. The van der Waals surface area contributed by atoms with Crippen molar-refractivity contribution < 1.29 is 23.4 Å². The van der Waals surface area contributed by atoms with Gasteiger partial charge in [0.2, 0.25) is 0 Å². The van der Waals surface area contributed by atoms with Gasteiger partial charge >= 0.3 is 5.97 Å². The van der Waals surface area contributed by atoms with Crippen molar-refractivity contribution in [1.82, 2.24) is 0 Å². The third-order valence-electron chi connectivity index (χ3n) is 1.82. The molecular formula is C10H10F2O3. The average Bonchev–Trinajstić information content (AvgIpc) is 2.13. The lowest BCUT2D eigenvalue weighted by molar-refractivity contribution is -0.136. The van der Waals surface area contributed by atoms with Crippen LogP contribution in [0.15, 0.2) is 12.1 Å². The molecule has 0 saturated heterocycles. The van der Waals surface area contributed by atoms with Crippen molar-refractivity contribution in [2.45, 2.75) is 13.0 Å². The van der Waals surface area contributed by atoms with E-state index in [0.717, 1.165) is 6.07 Å². The summed E-state index contributed by atoms with van der Waals surface area (Å²) >= 11 is 0. The number of hydrogen-bond acceptors (Lipinski definition) is 2. The lowest BCUT2D eigenvalue weighted by Gasteiger charge is -2.05. The fraction of sp³-hybridized carbons (Fsp3) is 0.300. The Morgan fingerprint density at radius 2 is 2.13 bits per heavy atom. The van der Waals surface area contributed by atoms with Gasteiger partial charge in [0.1, 0.15) is 0 Å². The molecule has 0 aliphatic heterocycles. The van der Waals surface area contributed by atoms with Crippen LogP contribution in [0.1, 0.15) is 11.1 Å². The van der Waals surface area contributed by atoms with Gasteiger partial charge in [0.25, 0.3) is 0 Å². The number of carbonyl (C=O) groups is 1. The van der Waals surface area contributed by atoms with Gasteiger partial charge in [-0.1, -0.05) is 0 Å². The first-order chi connectivity index (χ1) is 7.04. The molecule has 1 N–H and O–H groups in total. The van der Waals surface area contributed by atoms with Crippen LogP contribution in [0, 0.1) is 11.6 Å². The predicted octanol–water partition coefficient (Wildman–Crippen LogP) is 1.74. The quantitative estimate of drug-likeness (QED) is 0.833. The summed E-state index contributed by atoms with van der Waals surface area (Å²) in [4.78, 5) is 10.4. The highest BCUT2D eigenvalue weighted by Gasteiger charge is 2.13. The molecule has 15 heavy (non-hydrogen) atoms. The Hall–Kier alpha value is -1.49. The van der Waals surface area contributed by atoms with Gasteiger partial charge in [-0.05, 0) is 17.7 Å². The second kappa shape index (κ2) is 4.84. The van der Waals surface area contributed by atoms with Crippen LogP contribution in [0.4, 0.5) is 8.78 Å². The van der Waals surface area contributed by atoms with E-state index >= 15 is 0 Å². The van der Waals surface area contributed by atoms with E-state index in [-0.39, 0.29) is 12.2 Å². The van der Waals surface area contributed by atoms with Gasteiger partial charge in [-0.2, -0.15) is 0 Å². The Morgan fingerprint density at radius 1 is 1.47 bits per heavy atom. The zero-order chi connectivity index (χ0) is 11.4. The Balaban J connectivity index is 3.06. The normalized spacial score (nSPS) is 10.3. The van der Waals surface area contributed by atoms with E-state index in [0.29, 0.717) is 5.56 Å². The fourth-order valence-corrected chi connectivity index (χ4v) is 1.25. The smallest absolute Gasteiger partial charge is 0.307 e. The highest BCUT2D eigenvalue weighted by molar-refractivity contribution is 5.70. The molecule has 0 heterocycles. The van der Waals surface area contributed by atoms with E-state index in [1.165, 1.54) is 13.2 Å². The molecule has 0 spiro atoms. The second-order valence-electron chi connectivity index (χ2n) is 3.05. The number of methoxy groups -OCH3 is 1. The van der Waals surface area contributed by atoms with Gasteiger partial charge in [-0.25, -0.2) is 8.78 Å². The molecule has 0 amide bonds. The molecule has 3 nitrogen and oxygen atoms in total. The van der Waals surface area contributed by atoms with Crippen molar-refractivity contribution >= 4 is 5.97 Å². The fourth-order valence-electron chi connectivity index (χ4n) is 1.25. The predicted molar refractivity (Wildman–Crippen MR) is 48.4 cm³/mol. The third-order valence-corrected chi connectivity index (χ3v) is 1.82. The number of hydrogen-bond donors (Lipinski definition) is 1. The molecule has 5 heteroatoms. The molecule has 0 saturated carbocycles. The molecule has 0 aliphatic rings. The van der Waals surface area contributed by atoms with Crippen LogP contribution in [-0.2, 0) is 22.6 Å². The van der Waals surface area contributed by atoms with Crippen molar-refractivity contribution in [3.63, 3.8) is 0 Å². The molecule has 1 aromatic rings. The van der Waals surface area contributed by atoms with Crippen molar-refractivity contribution in [2.75, 3.05) is 7.11 Å². The second-order valence-corrected chi connectivity index (χ2v) is 3.05. The maximum Gasteiger partial charge on any atom is 0.307 e. The number of aliphatic carboxylic acids is 1. The molecule has 0 radical (unpaired) electrons. The average molecular weight is 216 g/mol. The maximum absolute atomic E-state index is 13.1. The minimum Gasteiger partial charge on any atom is -0.481 e. The minimum absolute atomic E-state index is 0.115. The number of ether oxygens (including phenoxy) is 1. The van der Waals surface area contributed by atoms with Gasteiger partial charge in [-0.15, -0.1) is 0 Å². The Labute approximate surface area is 85.3 Å². The zero-order valence-corrected chi connectivity index (χ0v) is 8.09. The van der Waals surface area contributed by atoms with Crippen LogP contribution >= 0.6 is 0 Å². The van der Waals surface area contributed by atoms with Gasteiger partial charge in [-0.3, -0.25) is 4.79 Å². The first-order valence-electron chi connectivity index (χ1n) is 4.22. The van der Waals surface area contributed by atoms with E-state index < -0.39 is 24.0 Å². The van der Waals surface area contributed by atoms with Gasteiger partial charge in [0.05, 0.1) is 13.0 Å². The molecular weight excluding hydrogens is 206 g/mol. The van der Waals surface area contributed by atoms with Gasteiger partial charge in [0, 0.05) is 12.7 Å². The summed E-state index contributed by atoms with van der Waals surface area (Å²) in [5.74, 6) is -3.37. The molecule has 1 rings (SSSR count). The Morgan fingerprint density at radius 3 is 2.67 bits per heavy atom. The lowest BCUT2D eigenvalue weighted by atomic mass is 10.1.